The molecule has 1 aromatic heterocycles. The van der Waals surface area contributed by atoms with Crippen molar-refractivity contribution in [2.24, 2.45) is 0 Å². The van der Waals surface area contributed by atoms with Crippen molar-refractivity contribution >= 4 is 0 Å². The number of hydrogen-bond acceptors (Lipinski definition) is 3. The van der Waals surface area contributed by atoms with Gasteiger partial charge in [-0.05, 0) is 24.1 Å². The van der Waals surface area contributed by atoms with Crippen LogP contribution in [0, 0.1) is 6.92 Å². The van der Waals surface area contributed by atoms with E-state index in [4.69, 9.17) is 0 Å². The molecule has 0 amide bonds. The van der Waals surface area contributed by atoms with Gasteiger partial charge in [0.25, 0.3) is 0 Å². The lowest BCUT2D eigenvalue weighted by atomic mass is 10.1. The Labute approximate surface area is 78.6 Å². The van der Waals surface area contributed by atoms with E-state index in [1.165, 1.54) is 11.1 Å². The van der Waals surface area contributed by atoms with Crippen LogP contribution in [0.5, 0.6) is 0 Å². The first-order chi connectivity index (χ1) is 6.36. The summed E-state index contributed by atoms with van der Waals surface area (Å²) in [4.78, 5) is 4.11. The fourth-order valence-corrected chi connectivity index (χ4v) is 1.37. The Bertz CT molecular complexity index is 281. The summed E-state index contributed by atoms with van der Waals surface area (Å²) < 4.78 is 0. The number of hydrogen-bond donors (Lipinski definition) is 2. The van der Waals surface area contributed by atoms with Crippen LogP contribution in [0.25, 0.3) is 0 Å². The van der Waals surface area contributed by atoms with Crippen LogP contribution in [0.3, 0.4) is 0 Å². The third-order valence-electron chi connectivity index (χ3n) is 2.51. The van der Waals surface area contributed by atoms with Crippen LogP contribution in [-0.4, -0.2) is 24.1 Å². The zero-order valence-corrected chi connectivity index (χ0v) is 7.88. The second-order valence-electron chi connectivity index (χ2n) is 3.54. The number of aromatic nitrogens is 1. The number of rotatable bonds is 3. The SMILES string of the molecule is Cc1ccncc1CNC1CNC1. The van der Waals surface area contributed by atoms with Crippen molar-refractivity contribution in [3.8, 4) is 0 Å². The van der Waals surface area contributed by atoms with Gasteiger partial charge in [0, 0.05) is 38.1 Å². The molecule has 0 bridgehead atoms. The highest BCUT2D eigenvalue weighted by atomic mass is 15.1. The first kappa shape index (κ1) is 8.66. The standard InChI is InChI=1S/C10H15N3/c1-8-2-3-11-4-9(8)5-13-10-6-12-7-10/h2-4,10,12-13H,5-7H2,1H3. The first-order valence-corrected chi connectivity index (χ1v) is 4.70. The fourth-order valence-electron chi connectivity index (χ4n) is 1.37. The van der Waals surface area contributed by atoms with E-state index in [1.807, 2.05) is 12.4 Å². The second-order valence-corrected chi connectivity index (χ2v) is 3.54. The molecule has 2 rings (SSSR count). The summed E-state index contributed by atoms with van der Waals surface area (Å²) in [6.45, 7) is 5.25. The van der Waals surface area contributed by atoms with E-state index in [2.05, 4.69) is 28.6 Å². The van der Waals surface area contributed by atoms with E-state index in [9.17, 15) is 0 Å². The lowest BCUT2D eigenvalue weighted by Gasteiger charge is -2.28. The van der Waals surface area contributed by atoms with Gasteiger partial charge in [-0.2, -0.15) is 0 Å². The monoisotopic (exact) mass is 177 g/mol. The predicted molar refractivity (Wildman–Crippen MR) is 52.5 cm³/mol. The van der Waals surface area contributed by atoms with Crippen LogP contribution < -0.4 is 10.6 Å². The Morgan fingerprint density at radius 2 is 2.46 bits per heavy atom. The molecule has 0 saturated carbocycles. The second kappa shape index (κ2) is 3.85. The van der Waals surface area contributed by atoms with Gasteiger partial charge in [-0.1, -0.05) is 0 Å². The molecule has 0 unspecified atom stereocenters. The Morgan fingerprint density at radius 1 is 1.62 bits per heavy atom. The fraction of sp³-hybridized carbons (Fsp3) is 0.500. The summed E-state index contributed by atoms with van der Waals surface area (Å²) in [6.07, 6.45) is 3.78. The summed E-state index contributed by atoms with van der Waals surface area (Å²) >= 11 is 0. The van der Waals surface area contributed by atoms with Gasteiger partial charge in [0.05, 0.1) is 0 Å². The van der Waals surface area contributed by atoms with Crippen LogP contribution >= 0.6 is 0 Å². The molecule has 0 radical (unpaired) electrons. The summed E-state index contributed by atoms with van der Waals surface area (Å²) in [5.41, 5.74) is 2.61. The van der Waals surface area contributed by atoms with Gasteiger partial charge in [-0.3, -0.25) is 4.98 Å². The molecule has 0 aromatic carbocycles. The Kier molecular flexibility index (Phi) is 2.57. The molecule has 0 atom stereocenters. The van der Waals surface area contributed by atoms with Crippen molar-refractivity contribution in [1.29, 1.82) is 0 Å². The van der Waals surface area contributed by atoms with E-state index in [0.717, 1.165) is 19.6 Å². The molecule has 2 N–H and O–H groups in total. The average Bonchev–Trinajstić information content (AvgIpc) is 2.05. The molecular weight excluding hydrogens is 162 g/mol. The van der Waals surface area contributed by atoms with E-state index in [1.54, 1.807) is 0 Å². The van der Waals surface area contributed by atoms with Gasteiger partial charge >= 0.3 is 0 Å². The summed E-state index contributed by atoms with van der Waals surface area (Å²) in [5, 5.41) is 6.71. The minimum Gasteiger partial charge on any atom is -0.314 e. The highest BCUT2D eigenvalue weighted by Gasteiger charge is 2.15. The van der Waals surface area contributed by atoms with Gasteiger partial charge < -0.3 is 10.6 Å². The Hall–Kier alpha value is -0.930. The van der Waals surface area contributed by atoms with Gasteiger partial charge in [0.1, 0.15) is 0 Å². The topological polar surface area (TPSA) is 37.0 Å². The molecule has 0 aliphatic carbocycles. The largest absolute Gasteiger partial charge is 0.314 e. The third-order valence-corrected chi connectivity index (χ3v) is 2.51. The molecule has 0 spiro atoms. The van der Waals surface area contributed by atoms with Crippen molar-refractivity contribution in [3.63, 3.8) is 0 Å². The van der Waals surface area contributed by atoms with Gasteiger partial charge in [-0.15, -0.1) is 0 Å². The summed E-state index contributed by atoms with van der Waals surface area (Å²) in [7, 11) is 0. The van der Waals surface area contributed by atoms with E-state index >= 15 is 0 Å². The lowest BCUT2D eigenvalue weighted by molar-refractivity contribution is 0.365. The molecule has 3 nitrogen and oxygen atoms in total. The van der Waals surface area contributed by atoms with Gasteiger partial charge in [-0.25, -0.2) is 0 Å². The highest BCUT2D eigenvalue weighted by Crippen LogP contribution is 2.05. The van der Waals surface area contributed by atoms with Crippen molar-refractivity contribution in [2.45, 2.75) is 19.5 Å². The molecule has 1 saturated heterocycles. The maximum atomic E-state index is 4.11. The molecule has 1 fully saturated rings. The van der Waals surface area contributed by atoms with Crippen LogP contribution in [0.2, 0.25) is 0 Å². The maximum Gasteiger partial charge on any atom is 0.0320 e. The highest BCUT2D eigenvalue weighted by molar-refractivity contribution is 5.21. The molecule has 13 heavy (non-hydrogen) atoms. The average molecular weight is 177 g/mol. The maximum absolute atomic E-state index is 4.11. The van der Waals surface area contributed by atoms with Crippen molar-refractivity contribution in [3.05, 3.63) is 29.6 Å². The minimum atomic E-state index is 0.652. The Morgan fingerprint density at radius 3 is 3.08 bits per heavy atom. The quantitative estimate of drug-likeness (QED) is 0.704. The van der Waals surface area contributed by atoms with Gasteiger partial charge in [0.15, 0.2) is 0 Å². The van der Waals surface area contributed by atoms with Gasteiger partial charge in [0.2, 0.25) is 0 Å². The molecule has 2 heterocycles. The Balaban J connectivity index is 1.89. The summed E-state index contributed by atoms with van der Waals surface area (Å²) in [6, 6.07) is 2.70. The third kappa shape index (κ3) is 2.05. The zero-order valence-electron chi connectivity index (χ0n) is 7.88. The first-order valence-electron chi connectivity index (χ1n) is 4.70. The molecule has 1 aromatic rings. The molecule has 70 valence electrons. The summed E-state index contributed by atoms with van der Waals surface area (Å²) in [5.74, 6) is 0. The molecule has 1 aliphatic heterocycles. The lowest BCUT2D eigenvalue weighted by Crippen LogP contribution is -2.55. The minimum absolute atomic E-state index is 0.652. The van der Waals surface area contributed by atoms with Crippen molar-refractivity contribution in [2.75, 3.05) is 13.1 Å². The zero-order chi connectivity index (χ0) is 9.10. The van der Waals surface area contributed by atoms with Crippen LogP contribution in [-0.2, 0) is 6.54 Å². The van der Waals surface area contributed by atoms with E-state index in [-0.39, 0.29) is 0 Å². The molecule has 3 heteroatoms. The van der Waals surface area contributed by atoms with Crippen LogP contribution in [0.1, 0.15) is 11.1 Å². The molecular formula is C10H15N3. The smallest absolute Gasteiger partial charge is 0.0320 e. The normalized spacial score (nSPS) is 17.0. The predicted octanol–water partition coefficient (Wildman–Crippen LogP) is 0.451. The van der Waals surface area contributed by atoms with Crippen molar-refractivity contribution < 1.29 is 0 Å². The van der Waals surface area contributed by atoms with Crippen LogP contribution in [0.4, 0.5) is 0 Å². The van der Waals surface area contributed by atoms with E-state index < -0.39 is 0 Å². The number of nitrogens with one attached hydrogen (secondary N) is 2. The number of pyridine rings is 1. The van der Waals surface area contributed by atoms with Crippen LogP contribution in [0.15, 0.2) is 18.5 Å². The van der Waals surface area contributed by atoms with E-state index in [0.29, 0.717) is 6.04 Å². The number of nitrogens with zero attached hydrogens (tertiary/aromatic N) is 1. The number of aryl methyl sites for hydroxylation is 1. The van der Waals surface area contributed by atoms with Crippen molar-refractivity contribution in [1.82, 2.24) is 15.6 Å². The molecule has 1 aliphatic rings.